The molecule has 0 fully saturated rings. The molecular formula is C18H20ClNS. The smallest absolute Gasteiger partial charge is 0.0417 e. The minimum absolute atomic E-state index is 0.535. The zero-order chi connectivity index (χ0) is 14.7. The van der Waals surface area contributed by atoms with Gasteiger partial charge >= 0.3 is 0 Å². The topological polar surface area (TPSA) is 12.0 Å². The van der Waals surface area contributed by atoms with Gasteiger partial charge in [-0.05, 0) is 55.1 Å². The molecule has 3 rings (SSSR count). The summed E-state index contributed by atoms with van der Waals surface area (Å²) in [6, 6.07) is 17.5. The summed E-state index contributed by atoms with van der Waals surface area (Å²) >= 11 is 7.92. The summed E-state index contributed by atoms with van der Waals surface area (Å²) in [5.74, 6) is 1.80. The molecule has 1 nitrogen and oxygen atoms in total. The third kappa shape index (κ3) is 3.63. The van der Waals surface area contributed by atoms with Crippen LogP contribution in [0.2, 0.25) is 5.02 Å². The summed E-state index contributed by atoms with van der Waals surface area (Å²) in [5.41, 5.74) is 3.07. The molecule has 2 unspecified atom stereocenters. The van der Waals surface area contributed by atoms with E-state index in [-0.39, 0.29) is 0 Å². The fourth-order valence-corrected chi connectivity index (χ4v) is 4.28. The van der Waals surface area contributed by atoms with Crippen LogP contribution in [0.5, 0.6) is 0 Å². The predicted octanol–water partition coefficient (Wildman–Crippen LogP) is 4.75. The fourth-order valence-electron chi connectivity index (χ4n) is 2.94. The summed E-state index contributed by atoms with van der Waals surface area (Å²) in [6.45, 7) is 0. The average Bonchev–Trinajstić information content (AvgIpc) is 2.48. The van der Waals surface area contributed by atoms with Crippen molar-refractivity contribution in [2.24, 2.45) is 0 Å². The number of halogens is 1. The molecule has 3 heteroatoms. The van der Waals surface area contributed by atoms with E-state index in [1.54, 1.807) is 5.56 Å². The lowest BCUT2D eigenvalue weighted by molar-refractivity contribution is 0.468. The Morgan fingerprint density at radius 1 is 1.24 bits per heavy atom. The van der Waals surface area contributed by atoms with Crippen molar-refractivity contribution in [3.63, 3.8) is 0 Å². The Hall–Kier alpha value is -0.960. The molecule has 0 saturated carbocycles. The fraction of sp³-hybridized carbons (Fsp3) is 0.333. The molecule has 110 valence electrons. The second-order valence-corrected chi connectivity index (χ2v) is 7.12. The number of fused-ring (bicyclic) bond motifs is 1. The van der Waals surface area contributed by atoms with Crippen molar-refractivity contribution in [3.8, 4) is 0 Å². The molecule has 0 bridgehead atoms. The van der Waals surface area contributed by atoms with Crippen molar-refractivity contribution >= 4 is 23.4 Å². The molecule has 2 atom stereocenters. The van der Waals surface area contributed by atoms with Crippen molar-refractivity contribution < 1.29 is 0 Å². The highest BCUT2D eigenvalue weighted by Crippen LogP contribution is 2.38. The molecule has 0 amide bonds. The van der Waals surface area contributed by atoms with E-state index in [0.717, 1.165) is 16.7 Å². The Morgan fingerprint density at radius 2 is 2.10 bits per heavy atom. The summed E-state index contributed by atoms with van der Waals surface area (Å²) in [6.07, 6.45) is 2.44. The molecule has 21 heavy (non-hydrogen) atoms. The minimum Gasteiger partial charge on any atom is -0.316 e. The largest absolute Gasteiger partial charge is 0.316 e. The van der Waals surface area contributed by atoms with Crippen molar-refractivity contribution in [2.45, 2.75) is 29.7 Å². The molecule has 0 heterocycles. The van der Waals surface area contributed by atoms with Crippen LogP contribution in [-0.2, 0) is 6.42 Å². The van der Waals surface area contributed by atoms with Gasteiger partial charge in [0.1, 0.15) is 0 Å². The van der Waals surface area contributed by atoms with Crippen LogP contribution in [0.4, 0.5) is 0 Å². The maximum absolute atomic E-state index is 6.04. The van der Waals surface area contributed by atoms with Crippen molar-refractivity contribution in [2.75, 3.05) is 12.8 Å². The average molecular weight is 318 g/mol. The maximum atomic E-state index is 6.04. The van der Waals surface area contributed by atoms with Gasteiger partial charge in [0.15, 0.2) is 0 Å². The molecule has 0 saturated heterocycles. The molecular weight excluding hydrogens is 298 g/mol. The van der Waals surface area contributed by atoms with Gasteiger partial charge in [0.05, 0.1) is 0 Å². The zero-order valence-electron chi connectivity index (χ0n) is 12.2. The molecule has 0 radical (unpaired) electrons. The third-order valence-electron chi connectivity index (χ3n) is 4.19. The zero-order valence-corrected chi connectivity index (χ0v) is 13.8. The lowest BCUT2D eigenvalue weighted by Gasteiger charge is -2.33. The van der Waals surface area contributed by atoms with Gasteiger partial charge in [0, 0.05) is 21.7 Å². The highest BCUT2D eigenvalue weighted by molar-refractivity contribution is 7.99. The monoisotopic (exact) mass is 317 g/mol. The van der Waals surface area contributed by atoms with Crippen LogP contribution in [0.3, 0.4) is 0 Å². The van der Waals surface area contributed by atoms with E-state index in [9.17, 15) is 0 Å². The molecule has 2 aromatic carbocycles. The summed E-state index contributed by atoms with van der Waals surface area (Å²) in [7, 11) is 2.06. The van der Waals surface area contributed by atoms with Gasteiger partial charge in [0.25, 0.3) is 0 Å². The Morgan fingerprint density at radius 3 is 2.86 bits per heavy atom. The van der Waals surface area contributed by atoms with Crippen LogP contribution in [0.1, 0.15) is 23.5 Å². The second-order valence-electron chi connectivity index (χ2n) is 5.59. The van der Waals surface area contributed by atoms with E-state index in [2.05, 4.69) is 42.7 Å². The highest BCUT2D eigenvalue weighted by atomic mass is 35.5. The van der Waals surface area contributed by atoms with E-state index >= 15 is 0 Å². The molecule has 0 aliphatic heterocycles. The Kier molecular flexibility index (Phi) is 4.89. The number of hydrogen-bond acceptors (Lipinski definition) is 2. The van der Waals surface area contributed by atoms with Gasteiger partial charge < -0.3 is 5.32 Å². The predicted molar refractivity (Wildman–Crippen MR) is 92.5 cm³/mol. The van der Waals surface area contributed by atoms with E-state index in [1.165, 1.54) is 23.3 Å². The molecule has 2 aromatic rings. The van der Waals surface area contributed by atoms with E-state index < -0.39 is 0 Å². The van der Waals surface area contributed by atoms with E-state index in [1.807, 2.05) is 30.0 Å². The van der Waals surface area contributed by atoms with Gasteiger partial charge in [-0.15, -0.1) is 11.8 Å². The van der Waals surface area contributed by atoms with Crippen molar-refractivity contribution in [1.29, 1.82) is 0 Å². The first kappa shape index (κ1) is 15.0. The first-order valence-electron chi connectivity index (χ1n) is 7.39. The number of hydrogen-bond donors (Lipinski definition) is 1. The van der Waals surface area contributed by atoms with Crippen molar-refractivity contribution in [3.05, 3.63) is 64.7 Å². The highest BCUT2D eigenvalue weighted by Gasteiger charge is 2.27. The Bertz CT molecular complexity index is 614. The summed E-state index contributed by atoms with van der Waals surface area (Å²) < 4.78 is 0. The Balaban J connectivity index is 1.55. The molecule has 1 aliphatic rings. The SMILES string of the molecule is CNC(CSc1cccc(Cl)c1)CC1Cc2ccccc21. The molecule has 1 aliphatic carbocycles. The lowest BCUT2D eigenvalue weighted by atomic mass is 9.74. The number of rotatable bonds is 6. The number of benzene rings is 2. The van der Waals surface area contributed by atoms with Crippen LogP contribution in [0.25, 0.3) is 0 Å². The minimum atomic E-state index is 0.535. The van der Waals surface area contributed by atoms with E-state index in [4.69, 9.17) is 11.6 Å². The first-order valence-corrected chi connectivity index (χ1v) is 8.76. The summed E-state index contributed by atoms with van der Waals surface area (Å²) in [4.78, 5) is 1.25. The second kappa shape index (κ2) is 6.87. The van der Waals surface area contributed by atoms with Crippen LogP contribution in [-0.4, -0.2) is 18.8 Å². The van der Waals surface area contributed by atoms with Crippen molar-refractivity contribution in [1.82, 2.24) is 5.32 Å². The van der Waals surface area contributed by atoms with Gasteiger partial charge in [-0.25, -0.2) is 0 Å². The number of thioether (sulfide) groups is 1. The Labute approximate surface area is 136 Å². The van der Waals surface area contributed by atoms with E-state index in [0.29, 0.717) is 6.04 Å². The van der Waals surface area contributed by atoms with Gasteiger partial charge in [0.2, 0.25) is 0 Å². The maximum Gasteiger partial charge on any atom is 0.0417 e. The molecule has 1 N–H and O–H groups in total. The van der Waals surface area contributed by atoms with Crippen LogP contribution < -0.4 is 5.32 Å². The quantitative estimate of drug-likeness (QED) is 0.772. The lowest BCUT2D eigenvalue weighted by Crippen LogP contribution is -2.32. The molecule has 0 spiro atoms. The first-order chi connectivity index (χ1) is 10.3. The van der Waals surface area contributed by atoms with Gasteiger partial charge in [-0.3, -0.25) is 0 Å². The van der Waals surface area contributed by atoms with Crippen LogP contribution >= 0.6 is 23.4 Å². The molecule has 0 aromatic heterocycles. The van der Waals surface area contributed by atoms with Crippen LogP contribution in [0, 0.1) is 0 Å². The number of nitrogens with one attached hydrogen (secondary N) is 1. The summed E-state index contributed by atoms with van der Waals surface area (Å²) in [5, 5.41) is 4.28. The van der Waals surface area contributed by atoms with Gasteiger partial charge in [-0.1, -0.05) is 41.9 Å². The van der Waals surface area contributed by atoms with Gasteiger partial charge in [-0.2, -0.15) is 0 Å². The van der Waals surface area contributed by atoms with Crippen LogP contribution in [0.15, 0.2) is 53.4 Å². The third-order valence-corrected chi connectivity index (χ3v) is 5.58. The normalized spacial score (nSPS) is 17.9. The standard InChI is InChI=1S/C18H20ClNS/c1-20-16(12-21-17-7-4-6-15(19)11-17)10-14-9-13-5-2-3-8-18(13)14/h2-8,11,14,16,20H,9-10,12H2,1H3.